The zero-order valence-corrected chi connectivity index (χ0v) is 15.8. The molecule has 2 aromatic carbocycles. The van der Waals surface area contributed by atoms with Crippen molar-refractivity contribution >= 4 is 40.3 Å². The topological polar surface area (TPSA) is 129 Å². The number of benzene rings is 2. The van der Waals surface area contributed by atoms with Crippen molar-refractivity contribution in [2.24, 2.45) is 0 Å². The second-order valence-corrected chi connectivity index (χ2v) is 6.24. The normalized spacial score (nSPS) is 10.8. The lowest BCUT2D eigenvalue weighted by Gasteiger charge is -2.08. The molecule has 0 unspecified atom stereocenters. The minimum Gasteiger partial charge on any atom is -0.458 e. The fourth-order valence-corrected chi connectivity index (χ4v) is 2.78. The molecule has 9 nitrogen and oxygen atoms in total. The van der Waals surface area contributed by atoms with Crippen LogP contribution in [-0.4, -0.2) is 16.8 Å². The summed E-state index contributed by atoms with van der Waals surface area (Å²) >= 11 is 0. The second kappa shape index (κ2) is 8.82. The molecule has 0 aliphatic heterocycles. The Balaban J connectivity index is 1.77. The van der Waals surface area contributed by atoms with Crippen molar-refractivity contribution in [3.05, 3.63) is 86.3 Å². The molecule has 3 rings (SSSR count). The van der Waals surface area contributed by atoms with Crippen LogP contribution in [0.1, 0.15) is 18.1 Å². The molecule has 0 radical (unpaired) electrons. The number of para-hydroxylation sites is 1. The van der Waals surface area contributed by atoms with Gasteiger partial charge in [0, 0.05) is 47.8 Å². The summed E-state index contributed by atoms with van der Waals surface area (Å²) in [5.74, 6) is -1.00. The molecule has 0 bridgehead atoms. The maximum atomic E-state index is 12.0. The number of rotatable bonds is 6. The summed E-state index contributed by atoms with van der Waals surface area (Å²) in [6.07, 6.45) is 2.36. The number of hydrogen-bond donors (Lipinski definition) is 1. The third-order valence-corrected chi connectivity index (χ3v) is 4.05. The minimum atomic E-state index is -0.732. The highest BCUT2D eigenvalue weighted by molar-refractivity contribution is 5.92. The van der Waals surface area contributed by atoms with Gasteiger partial charge in [-0.3, -0.25) is 14.9 Å². The van der Waals surface area contributed by atoms with Crippen LogP contribution < -0.4 is 10.9 Å². The summed E-state index contributed by atoms with van der Waals surface area (Å²) in [6, 6.07) is 11.9. The first-order chi connectivity index (χ1) is 14.3. The number of hydrogen-bond acceptors (Lipinski definition) is 7. The number of fused-ring (bicyclic) bond motifs is 1. The molecular weight excluding hydrogens is 392 g/mol. The Bertz CT molecular complexity index is 1230. The van der Waals surface area contributed by atoms with E-state index in [1.54, 1.807) is 18.2 Å². The number of nitrogens with one attached hydrogen (secondary N) is 1. The van der Waals surface area contributed by atoms with E-state index in [2.05, 4.69) is 5.32 Å². The number of nitro groups is 1. The molecule has 30 heavy (non-hydrogen) atoms. The van der Waals surface area contributed by atoms with E-state index in [1.165, 1.54) is 43.3 Å². The van der Waals surface area contributed by atoms with Crippen LogP contribution in [0.15, 0.2) is 63.8 Å². The molecule has 9 heteroatoms. The number of carbonyl (C=O) groups excluding carboxylic acids is 2. The molecular formula is C21H16N2O7. The van der Waals surface area contributed by atoms with E-state index in [9.17, 15) is 24.5 Å². The number of amides is 1. The van der Waals surface area contributed by atoms with Crippen LogP contribution in [0, 0.1) is 10.1 Å². The predicted octanol–water partition coefficient (Wildman–Crippen LogP) is 3.42. The fraction of sp³-hybridized carbons (Fsp3) is 0.0952. The summed E-state index contributed by atoms with van der Waals surface area (Å²) in [7, 11) is 0. The molecule has 0 saturated heterocycles. The van der Waals surface area contributed by atoms with Crippen LogP contribution >= 0.6 is 0 Å². The van der Waals surface area contributed by atoms with Gasteiger partial charge in [0.05, 0.1) is 10.5 Å². The average molecular weight is 408 g/mol. The van der Waals surface area contributed by atoms with E-state index in [1.807, 2.05) is 0 Å². The van der Waals surface area contributed by atoms with Crippen molar-refractivity contribution in [1.29, 1.82) is 0 Å². The Hall–Kier alpha value is -4.27. The van der Waals surface area contributed by atoms with Gasteiger partial charge in [0.15, 0.2) is 0 Å². The molecule has 3 aromatic rings. The van der Waals surface area contributed by atoms with E-state index in [4.69, 9.17) is 9.15 Å². The molecule has 1 heterocycles. The molecule has 1 N–H and O–H groups in total. The van der Waals surface area contributed by atoms with Gasteiger partial charge in [-0.2, -0.15) is 0 Å². The summed E-state index contributed by atoms with van der Waals surface area (Å²) in [5, 5.41) is 14.1. The van der Waals surface area contributed by atoms with E-state index < -0.39 is 16.5 Å². The molecule has 0 spiro atoms. The van der Waals surface area contributed by atoms with Crippen molar-refractivity contribution < 1.29 is 23.7 Å². The summed E-state index contributed by atoms with van der Waals surface area (Å²) in [5.41, 5.74) is 0.598. The Morgan fingerprint density at radius 1 is 1.20 bits per heavy atom. The predicted molar refractivity (Wildman–Crippen MR) is 109 cm³/mol. The standard InChI is InChI=1S/C21H16N2O7/c1-13(24)22-16-7-8-17-15(10-21(26)30-19(17)11-16)12-29-20(25)9-6-14-4-2-3-5-18(14)23(27)28/h2-11H,12H2,1H3,(H,22,24)/b9-6+. The number of carbonyl (C=O) groups is 2. The van der Waals surface area contributed by atoms with Gasteiger partial charge in [0.25, 0.3) is 5.69 Å². The minimum absolute atomic E-state index is 0.136. The largest absolute Gasteiger partial charge is 0.458 e. The number of anilines is 1. The highest BCUT2D eigenvalue weighted by atomic mass is 16.6. The van der Waals surface area contributed by atoms with E-state index >= 15 is 0 Å². The van der Waals surface area contributed by atoms with Crippen molar-refractivity contribution in [2.45, 2.75) is 13.5 Å². The van der Waals surface area contributed by atoms with Gasteiger partial charge < -0.3 is 14.5 Å². The third-order valence-electron chi connectivity index (χ3n) is 4.05. The zero-order valence-electron chi connectivity index (χ0n) is 15.8. The SMILES string of the molecule is CC(=O)Nc1ccc2c(COC(=O)/C=C/c3ccccc3[N+](=O)[O-])cc(=O)oc2c1. The number of esters is 1. The maximum Gasteiger partial charge on any atom is 0.336 e. The first kappa shape index (κ1) is 20.5. The van der Waals surface area contributed by atoms with Gasteiger partial charge in [0.1, 0.15) is 12.2 Å². The van der Waals surface area contributed by atoms with E-state index in [-0.39, 0.29) is 29.3 Å². The number of nitro benzene ring substituents is 1. The Morgan fingerprint density at radius 2 is 1.97 bits per heavy atom. The van der Waals surface area contributed by atoms with Crippen molar-refractivity contribution in [3.8, 4) is 0 Å². The van der Waals surface area contributed by atoms with Gasteiger partial charge in [-0.1, -0.05) is 12.1 Å². The van der Waals surface area contributed by atoms with Crippen LogP contribution in [0.3, 0.4) is 0 Å². The van der Waals surface area contributed by atoms with Gasteiger partial charge >= 0.3 is 11.6 Å². The van der Waals surface area contributed by atoms with Gasteiger partial charge in [-0.05, 0) is 24.3 Å². The van der Waals surface area contributed by atoms with Crippen LogP contribution in [0.2, 0.25) is 0 Å². The summed E-state index contributed by atoms with van der Waals surface area (Å²) in [6.45, 7) is 1.15. The molecule has 0 atom stereocenters. The molecule has 0 saturated carbocycles. The molecule has 0 fully saturated rings. The van der Waals surface area contributed by atoms with Crippen LogP contribution in [-0.2, 0) is 20.9 Å². The van der Waals surface area contributed by atoms with E-state index in [0.717, 1.165) is 6.08 Å². The van der Waals surface area contributed by atoms with Crippen molar-refractivity contribution in [1.82, 2.24) is 0 Å². The monoisotopic (exact) mass is 408 g/mol. The summed E-state index contributed by atoms with van der Waals surface area (Å²) < 4.78 is 10.3. The van der Waals surface area contributed by atoms with Gasteiger partial charge in [-0.15, -0.1) is 0 Å². The number of nitrogens with zero attached hydrogens (tertiary/aromatic N) is 1. The maximum absolute atomic E-state index is 12.0. The molecule has 0 aliphatic carbocycles. The van der Waals surface area contributed by atoms with Gasteiger partial charge in [0.2, 0.25) is 5.91 Å². The molecule has 152 valence electrons. The number of ether oxygens (including phenoxy) is 1. The molecule has 1 amide bonds. The Kier molecular flexibility index (Phi) is 6.02. The highest BCUT2D eigenvalue weighted by Gasteiger charge is 2.11. The lowest BCUT2D eigenvalue weighted by atomic mass is 10.1. The molecule has 0 aliphatic rings. The van der Waals surface area contributed by atoms with Crippen LogP contribution in [0.4, 0.5) is 11.4 Å². The third kappa shape index (κ3) is 4.96. The van der Waals surface area contributed by atoms with Crippen LogP contribution in [0.5, 0.6) is 0 Å². The average Bonchev–Trinajstić information content (AvgIpc) is 2.69. The van der Waals surface area contributed by atoms with E-state index in [0.29, 0.717) is 16.6 Å². The fourth-order valence-electron chi connectivity index (χ4n) is 2.78. The Labute approximate surface area is 169 Å². The van der Waals surface area contributed by atoms with Gasteiger partial charge in [-0.25, -0.2) is 9.59 Å². The first-order valence-corrected chi connectivity index (χ1v) is 8.76. The quantitative estimate of drug-likeness (QED) is 0.217. The lowest BCUT2D eigenvalue weighted by Crippen LogP contribution is -2.07. The van der Waals surface area contributed by atoms with Crippen LogP contribution in [0.25, 0.3) is 17.0 Å². The second-order valence-electron chi connectivity index (χ2n) is 6.24. The van der Waals surface area contributed by atoms with Crippen molar-refractivity contribution in [2.75, 3.05) is 5.32 Å². The van der Waals surface area contributed by atoms with Crippen molar-refractivity contribution in [3.63, 3.8) is 0 Å². The highest BCUT2D eigenvalue weighted by Crippen LogP contribution is 2.22. The lowest BCUT2D eigenvalue weighted by molar-refractivity contribution is -0.385. The Morgan fingerprint density at radius 3 is 2.70 bits per heavy atom. The first-order valence-electron chi connectivity index (χ1n) is 8.76. The molecule has 1 aromatic heterocycles. The zero-order chi connectivity index (χ0) is 21.7. The smallest absolute Gasteiger partial charge is 0.336 e. The summed E-state index contributed by atoms with van der Waals surface area (Å²) in [4.78, 5) is 45.5.